The molecule has 4 rings (SSSR count). The van der Waals surface area contributed by atoms with Crippen molar-refractivity contribution >= 4 is 40.7 Å². The van der Waals surface area contributed by atoms with Gasteiger partial charge >= 0.3 is 0 Å². The van der Waals surface area contributed by atoms with Gasteiger partial charge in [-0.1, -0.05) is 11.6 Å². The predicted molar refractivity (Wildman–Crippen MR) is 127 cm³/mol. The van der Waals surface area contributed by atoms with E-state index in [1.165, 1.54) is 0 Å². The number of hydrogen-bond donors (Lipinski definition) is 1. The van der Waals surface area contributed by atoms with Crippen LogP contribution in [0.3, 0.4) is 0 Å². The number of nitrogens with zero attached hydrogens (tertiary/aromatic N) is 2. The minimum Gasteiger partial charge on any atom is -0.494 e. The number of piperidine rings is 1. The number of anilines is 2. The quantitative estimate of drug-likeness (QED) is 0.631. The van der Waals surface area contributed by atoms with Crippen LogP contribution in [0.2, 0.25) is 0 Å². The van der Waals surface area contributed by atoms with E-state index in [0.29, 0.717) is 29.3 Å². The third-order valence-corrected chi connectivity index (χ3v) is 6.25. The van der Waals surface area contributed by atoms with E-state index in [-0.39, 0.29) is 22.7 Å². The number of carbonyl (C=O) groups excluding carboxylic acids is 3. The first-order valence-corrected chi connectivity index (χ1v) is 11.5. The zero-order valence-corrected chi connectivity index (χ0v) is 19.4. The monoisotopic (exact) mass is 467 g/mol. The lowest BCUT2D eigenvalue weighted by Crippen LogP contribution is -2.42. The van der Waals surface area contributed by atoms with Crippen LogP contribution in [-0.4, -0.2) is 41.8 Å². The molecule has 172 valence electrons. The van der Waals surface area contributed by atoms with Gasteiger partial charge in [0.2, 0.25) is 0 Å². The number of amides is 3. The van der Waals surface area contributed by atoms with Crippen LogP contribution in [-0.2, 0) is 9.59 Å². The molecule has 33 heavy (non-hydrogen) atoms. The summed E-state index contributed by atoms with van der Waals surface area (Å²) >= 11 is 6.22. The molecule has 7 nitrogen and oxygen atoms in total. The van der Waals surface area contributed by atoms with Crippen LogP contribution >= 0.6 is 11.6 Å². The minimum atomic E-state index is -0.598. The maximum absolute atomic E-state index is 13.0. The average molecular weight is 468 g/mol. The number of carbonyl (C=O) groups is 3. The first kappa shape index (κ1) is 22.9. The lowest BCUT2D eigenvalue weighted by Gasteiger charge is -2.33. The second-order valence-electron chi connectivity index (χ2n) is 8.11. The van der Waals surface area contributed by atoms with Crippen molar-refractivity contribution in [2.24, 2.45) is 0 Å². The molecule has 0 saturated carbocycles. The Labute approximate surface area is 198 Å². The fourth-order valence-corrected chi connectivity index (χ4v) is 4.32. The van der Waals surface area contributed by atoms with E-state index in [9.17, 15) is 14.4 Å². The summed E-state index contributed by atoms with van der Waals surface area (Å²) in [6.07, 6.45) is 3.17. The molecular weight excluding hydrogens is 442 g/mol. The lowest BCUT2D eigenvalue weighted by atomic mass is 10.0. The molecular formula is C25H26ClN3O4. The van der Waals surface area contributed by atoms with Crippen molar-refractivity contribution in [2.45, 2.75) is 39.2 Å². The second kappa shape index (κ2) is 9.67. The molecule has 1 fully saturated rings. The molecule has 0 radical (unpaired) electrons. The molecule has 2 aromatic rings. The van der Waals surface area contributed by atoms with Gasteiger partial charge in [0.1, 0.15) is 16.5 Å². The van der Waals surface area contributed by atoms with Crippen molar-refractivity contribution in [3.63, 3.8) is 0 Å². The van der Waals surface area contributed by atoms with E-state index in [2.05, 4.69) is 12.2 Å². The summed E-state index contributed by atoms with van der Waals surface area (Å²) in [5.41, 5.74) is 1.54. The Hall–Kier alpha value is -3.32. The summed E-state index contributed by atoms with van der Waals surface area (Å²) in [4.78, 5) is 41.4. The van der Waals surface area contributed by atoms with Crippen molar-refractivity contribution in [3.8, 4) is 5.75 Å². The maximum atomic E-state index is 13.0. The van der Waals surface area contributed by atoms with E-state index < -0.39 is 11.8 Å². The fourth-order valence-electron chi connectivity index (χ4n) is 4.11. The van der Waals surface area contributed by atoms with E-state index in [0.717, 1.165) is 30.7 Å². The van der Waals surface area contributed by atoms with Gasteiger partial charge in [0.25, 0.3) is 17.7 Å². The molecule has 1 unspecified atom stereocenters. The molecule has 1 saturated heterocycles. The van der Waals surface area contributed by atoms with Crippen molar-refractivity contribution in [1.82, 2.24) is 4.90 Å². The van der Waals surface area contributed by atoms with Crippen molar-refractivity contribution in [3.05, 3.63) is 64.8 Å². The highest BCUT2D eigenvalue weighted by Gasteiger charge is 2.39. The summed E-state index contributed by atoms with van der Waals surface area (Å²) in [5.74, 6) is -0.498. The Balaban J connectivity index is 1.47. The highest BCUT2D eigenvalue weighted by Crippen LogP contribution is 2.31. The normalized spacial score (nSPS) is 18.7. The second-order valence-corrected chi connectivity index (χ2v) is 8.49. The van der Waals surface area contributed by atoms with Crippen LogP contribution < -0.4 is 15.0 Å². The molecule has 2 aromatic carbocycles. The number of nitrogens with one attached hydrogen (secondary N) is 1. The van der Waals surface area contributed by atoms with Crippen LogP contribution in [0.1, 0.15) is 43.5 Å². The fraction of sp³-hybridized carbons (Fsp3) is 0.320. The van der Waals surface area contributed by atoms with E-state index in [1.807, 2.05) is 11.8 Å². The van der Waals surface area contributed by atoms with Crippen molar-refractivity contribution in [1.29, 1.82) is 0 Å². The van der Waals surface area contributed by atoms with Crippen LogP contribution in [0, 0.1) is 0 Å². The third kappa shape index (κ3) is 4.59. The van der Waals surface area contributed by atoms with Crippen molar-refractivity contribution < 1.29 is 19.1 Å². The Kier molecular flexibility index (Phi) is 6.70. The molecule has 2 heterocycles. The van der Waals surface area contributed by atoms with Gasteiger partial charge in [0, 0.05) is 23.8 Å². The van der Waals surface area contributed by atoms with Crippen LogP contribution in [0.5, 0.6) is 5.75 Å². The van der Waals surface area contributed by atoms with Gasteiger partial charge in [-0.25, -0.2) is 4.90 Å². The van der Waals surface area contributed by atoms with Crippen molar-refractivity contribution in [2.75, 3.05) is 23.4 Å². The van der Waals surface area contributed by atoms with Crippen LogP contribution in [0.15, 0.2) is 59.3 Å². The van der Waals surface area contributed by atoms with Gasteiger partial charge in [-0.3, -0.25) is 14.4 Å². The minimum absolute atomic E-state index is 0.000192. The number of hydrogen-bond acceptors (Lipinski definition) is 5. The number of likely N-dealkylation sites (tertiary alicyclic amines) is 1. The smallest absolute Gasteiger partial charge is 0.283 e. The highest BCUT2D eigenvalue weighted by molar-refractivity contribution is 6.53. The lowest BCUT2D eigenvalue weighted by molar-refractivity contribution is -0.120. The molecule has 3 amide bonds. The summed E-state index contributed by atoms with van der Waals surface area (Å²) in [7, 11) is 0. The van der Waals surface area contributed by atoms with Gasteiger partial charge < -0.3 is 15.0 Å². The number of ether oxygens (including phenoxy) is 1. The topological polar surface area (TPSA) is 79.0 Å². The van der Waals surface area contributed by atoms with Gasteiger partial charge in [-0.05, 0) is 81.6 Å². The first-order valence-electron chi connectivity index (χ1n) is 11.1. The molecule has 1 atom stereocenters. The Morgan fingerprint density at radius 1 is 1.06 bits per heavy atom. The van der Waals surface area contributed by atoms with Gasteiger partial charge in [-0.2, -0.15) is 0 Å². The zero-order chi connectivity index (χ0) is 23.5. The van der Waals surface area contributed by atoms with Crippen LogP contribution in [0.25, 0.3) is 0 Å². The maximum Gasteiger partial charge on any atom is 0.283 e. The molecule has 0 aliphatic carbocycles. The molecule has 0 spiro atoms. The van der Waals surface area contributed by atoms with E-state index in [1.54, 1.807) is 48.5 Å². The molecule has 0 aromatic heterocycles. The molecule has 2 aliphatic rings. The van der Waals surface area contributed by atoms with Gasteiger partial charge in [0.05, 0.1) is 12.3 Å². The molecule has 8 heteroatoms. The molecule has 0 bridgehead atoms. The molecule has 1 N–H and O–H groups in total. The predicted octanol–water partition coefficient (Wildman–Crippen LogP) is 4.54. The summed E-state index contributed by atoms with van der Waals surface area (Å²) < 4.78 is 5.41. The van der Waals surface area contributed by atoms with Crippen LogP contribution in [0.4, 0.5) is 11.4 Å². The largest absolute Gasteiger partial charge is 0.494 e. The number of rotatable bonds is 6. The zero-order valence-electron chi connectivity index (χ0n) is 18.6. The Morgan fingerprint density at radius 2 is 1.76 bits per heavy atom. The first-order chi connectivity index (χ1) is 15.9. The van der Waals surface area contributed by atoms with Gasteiger partial charge in [-0.15, -0.1) is 0 Å². The van der Waals surface area contributed by atoms with E-state index in [4.69, 9.17) is 16.3 Å². The third-order valence-electron chi connectivity index (χ3n) is 5.90. The SMILES string of the molecule is CCOc1ccc(N2C(=O)C(Cl)=C(Nc3ccc(C(=O)N4CCCCC4C)cc3)C2=O)cc1. The molecule has 2 aliphatic heterocycles. The summed E-state index contributed by atoms with van der Waals surface area (Å²) in [6, 6.07) is 13.7. The summed E-state index contributed by atoms with van der Waals surface area (Å²) in [5, 5.41) is 2.76. The van der Waals surface area contributed by atoms with E-state index >= 15 is 0 Å². The standard InChI is InChI=1S/C25H26ClN3O4/c1-3-33-20-13-11-19(12-14-20)29-24(31)21(26)22(25(29)32)27-18-9-7-17(8-10-18)23(30)28-15-5-4-6-16(28)2/h7-14,16,27H,3-6,15H2,1-2H3. The number of benzene rings is 2. The summed E-state index contributed by atoms with van der Waals surface area (Å²) in [6.45, 7) is 5.23. The van der Waals surface area contributed by atoms with Gasteiger partial charge in [0.15, 0.2) is 0 Å². The Morgan fingerprint density at radius 3 is 2.39 bits per heavy atom. The average Bonchev–Trinajstić information content (AvgIpc) is 3.03. The number of imide groups is 1. The highest BCUT2D eigenvalue weighted by atomic mass is 35.5. The number of halogens is 1. The Bertz CT molecular complexity index is 1100.